The average Bonchev–Trinajstić information content (AvgIpc) is 2.53. The maximum Gasteiger partial charge on any atom is 0.119 e. The van der Waals surface area contributed by atoms with Gasteiger partial charge in [-0.05, 0) is 48.5 Å². The molecule has 0 amide bonds. The van der Waals surface area contributed by atoms with E-state index in [-0.39, 0.29) is 0 Å². The topological polar surface area (TPSA) is 22.1 Å². The number of hydrogen-bond donors (Lipinski definition) is 0. The van der Waals surface area contributed by atoms with Gasteiger partial charge in [0.2, 0.25) is 0 Å². The van der Waals surface area contributed by atoms with E-state index in [0.717, 1.165) is 32.4 Å². The van der Waals surface area contributed by atoms with Crippen molar-refractivity contribution in [1.29, 1.82) is 0 Å². The van der Waals surface area contributed by atoms with Crippen molar-refractivity contribution in [3.8, 4) is 17.0 Å². The van der Waals surface area contributed by atoms with Gasteiger partial charge in [0.1, 0.15) is 12.4 Å². The maximum absolute atomic E-state index is 5.61. The van der Waals surface area contributed by atoms with Crippen molar-refractivity contribution in [3.05, 3.63) is 59.1 Å². The van der Waals surface area contributed by atoms with E-state index in [1.807, 2.05) is 42.5 Å². The van der Waals surface area contributed by atoms with Crippen molar-refractivity contribution in [2.75, 3.05) is 12.5 Å². The molecular formula is C17H13BrClNO. The second kappa shape index (κ2) is 6.46. The molecule has 4 heteroatoms. The molecule has 0 atom stereocenters. The lowest BCUT2D eigenvalue weighted by Crippen LogP contribution is -1.97. The van der Waals surface area contributed by atoms with E-state index >= 15 is 0 Å². The van der Waals surface area contributed by atoms with Crippen molar-refractivity contribution >= 4 is 38.4 Å². The van der Waals surface area contributed by atoms with E-state index in [1.54, 1.807) is 0 Å². The number of rotatable bonds is 4. The fraction of sp³-hybridized carbons (Fsp3) is 0.118. The first-order chi connectivity index (χ1) is 10.3. The molecule has 3 aromatic rings. The summed E-state index contributed by atoms with van der Waals surface area (Å²) in [6, 6.07) is 18.1. The van der Waals surface area contributed by atoms with Crippen molar-refractivity contribution in [1.82, 2.24) is 4.98 Å². The molecule has 106 valence electrons. The highest BCUT2D eigenvalue weighted by Gasteiger charge is 2.03. The lowest BCUT2D eigenvalue weighted by molar-refractivity contribution is 0.343. The van der Waals surface area contributed by atoms with Crippen molar-refractivity contribution in [3.63, 3.8) is 0 Å². The van der Waals surface area contributed by atoms with Gasteiger partial charge in [-0.2, -0.15) is 0 Å². The van der Waals surface area contributed by atoms with Gasteiger partial charge in [0.15, 0.2) is 0 Å². The summed E-state index contributed by atoms with van der Waals surface area (Å²) in [6.07, 6.45) is 0. The zero-order chi connectivity index (χ0) is 14.7. The summed E-state index contributed by atoms with van der Waals surface area (Å²) in [6.45, 7) is 0.518. The van der Waals surface area contributed by atoms with Gasteiger partial charge in [-0.3, -0.25) is 0 Å². The highest BCUT2D eigenvalue weighted by Crippen LogP contribution is 2.25. The van der Waals surface area contributed by atoms with E-state index in [9.17, 15) is 0 Å². The van der Waals surface area contributed by atoms with E-state index in [2.05, 4.69) is 28.1 Å². The van der Waals surface area contributed by atoms with Crippen molar-refractivity contribution in [2.45, 2.75) is 0 Å². The molecule has 1 heterocycles. The molecule has 2 aromatic carbocycles. The van der Waals surface area contributed by atoms with Crippen LogP contribution in [-0.4, -0.2) is 17.5 Å². The first-order valence-electron chi connectivity index (χ1n) is 6.62. The number of nitrogens with zero attached hydrogens (tertiary/aromatic N) is 1. The van der Waals surface area contributed by atoms with Crippen molar-refractivity contribution < 1.29 is 4.74 Å². The van der Waals surface area contributed by atoms with Crippen LogP contribution in [0.4, 0.5) is 0 Å². The van der Waals surface area contributed by atoms with Crippen LogP contribution in [0.2, 0.25) is 0 Å². The van der Waals surface area contributed by atoms with Gasteiger partial charge < -0.3 is 4.74 Å². The zero-order valence-electron chi connectivity index (χ0n) is 11.2. The smallest absolute Gasteiger partial charge is 0.119 e. The third-order valence-corrected chi connectivity index (χ3v) is 3.79. The van der Waals surface area contributed by atoms with E-state index in [0.29, 0.717) is 12.5 Å². The Kier molecular flexibility index (Phi) is 4.42. The van der Waals surface area contributed by atoms with Crippen LogP contribution in [0.1, 0.15) is 0 Å². The minimum atomic E-state index is 0.490. The summed E-state index contributed by atoms with van der Waals surface area (Å²) in [7, 11) is 0. The van der Waals surface area contributed by atoms with Gasteiger partial charge >= 0.3 is 0 Å². The van der Waals surface area contributed by atoms with Gasteiger partial charge in [-0.1, -0.05) is 22.0 Å². The molecular weight excluding hydrogens is 350 g/mol. The number of aromatic nitrogens is 1. The molecule has 0 aliphatic heterocycles. The first kappa shape index (κ1) is 14.4. The Morgan fingerprint density at radius 3 is 2.57 bits per heavy atom. The lowest BCUT2D eigenvalue weighted by Gasteiger charge is -2.06. The Morgan fingerprint density at radius 2 is 1.81 bits per heavy atom. The molecule has 0 N–H and O–H groups in total. The van der Waals surface area contributed by atoms with Gasteiger partial charge in [-0.15, -0.1) is 11.6 Å². The molecule has 0 fully saturated rings. The summed E-state index contributed by atoms with van der Waals surface area (Å²) in [5.74, 6) is 1.31. The number of benzene rings is 2. The molecule has 3 rings (SSSR count). The summed E-state index contributed by atoms with van der Waals surface area (Å²) in [5.41, 5.74) is 3.00. The van der Waals surface area contributed by atoms with Crippen molar-refractivity contribution in [2.24, 2.45) is 0 Å². The van der Waals surface area contributed by atoms with Crippen LogP contribution in [0.3, 0.4) is 0 Å². The van der Waals surface area contributed by atoms with Crippen LogP contribution < -0.4 is 4.74 Å². The molecule has 2 nitrogen and oxygen atoms in total. The molecule has 0 radical (unpaired) electrons. The molecule has 1 aromatic heterocycles. The Morgan fingerprint density at radius 1 is 1.00 bits per heavy atom. The highest BCUT2D eigenvalue weighted by molar-refractivity contribution is 9.10. The molecule has 0 unspecified atom stereocenters. The fourth-order valence-corrected chi connectivity index (χ4v) is 2.59. The molecule has 0 aliphatic carbocycles. The lowest BCUT2D eigenvalue weighted by atomic mass is 10.1. The standard InChI is InChI=1S/C17H13BrClNO/c18-14-4-8-17-13(11-14)3-7-16(20-17)12-1-5-15(6-2-12)21-10-9-19/h1-8,11H,9-10H2. The number of ether oxygens (including phenoxy) is 1. The average molecular weight is 363 g/mol. The zero-order valence-corrected chi connectivity index (χ0v) is 13.6. The van der Waals surface area contributed by atoms with E-state index < -0.39 is 0 Å². The quantitative estimate of drug-likeness (QED) is 0.589. The van der Waals surface area contributed by atoms with Crippen LogP contribution in [0.25, 0.3) is 22.2 Å². The van der Waals surface area contributed by atoms with Crippen LogP contribution in [0, 0.1) is 0 Å². The monoisotopic (exact) mass is 361 g/mol. The Bertz CT molecular complexity index is 758. The number of halogens is 2. The molecule has 0 spiro atoms. The van der Waals surface area contributed by atoms with Gasteiger partial charge in [-0.25, -0.2) is 4.98 Å². The third kappa shape index (κ3) is 3.36. The number of fused-ring (bicyclic) bond motifs is 1. The summed E-state index contributed by atoms with van der Waals surface area (Å²) in [5, 5.41) is 1.12. The Balaban J connectivity index is 1.91. The number of hydrogen-bond acceptors (Lipinski definition) is 2. The fourth-order valence-electron chi connectivity index (χ4n) is 2.14. The molecule has 21 heavy (non-hydrogen) atoms. The van der Waals surface area contributed by atoms with Crippen LogP contribution in [-0.2, 0) is 0 Å². The Hall–Kier alpha value is -1.58. The maximum atomic E-state index is 5.61. The van der Waals surface area contributed by atoms with Crippen LogP contribution >= 0.6 is 27.5 Å². The van der Waals surface area contributed by atoms with Gasteiger partial charge in [0.25, 0.3) is 0 Å². The minimum Gasteiger partial charge on any atom is -0.492 e. The highest BCUT2D eigenvalue weighted by atomic mass is 79.9. The number of alkyl halides is 1. The predicted molar refractivity (Wildman–Crippen MR) is 91.1 cm³/mol. The molecule has 0 saturated heterocycles. The van der Waals surface area contributed by atoms with Crippen LogP contribution in [0.5, 0.6) is 5.75 Å². The molecule has 0 saturated carbocycles. The van der Waals surface area contributed by atoms with E-state index in [1.165, 1.54) is 0 Å². The second-order valence-corrected chi connectivity index (χ2v) is 5.89. The Labute approximate surface area is 136 Å². The summed E-state index contributed by atoms with van der Waals surface area (Å²) < 4.78 is 6.53. The first-order valence-corrected chi connectivity index (χ1v) is 7.94. The van der Waals surface area contributed by atoms with Gasteiger partial charge in [0, 0.05) is 15.4 Å². The summed E-state index contributed by atoms with van der Waals surface area (Å²) >= 11 is 9.08. The summed E-state index contributed by atoms with van der Waals surface area (Å²) in [4.78, 5) is 4.70. The van der Waals surface area contributed by atoms with Crippen LogP contribution in [0.15, 0.2) is 59.1 Å². The van der Waals surface area contributed by atoms with Gasteiger partial charge in [0.05, 0.1) is 17.1 Å². The molecule has 0 bridgehead atoms. The minimum absolute atomic E-state index is 0.490. The third-order valence-electron chi connectivity index (χ3n) is 3.15. The molecule has 0 aliphatic rings. The number of pyridine rings is 1. The predicted octanol–water partition coefficient (Wildman–Crippen LogP) is 5.28. The second-order valence-electron chi connectivity index (χ2n) is 4.60. The largest absolute Gasteiger partial charge is 0.492 e. The van der Waals surface area contributed by atoms with E-state index in [4.69, 9.17) is 21.3 Å². The normalized spacial score (nSPS) is 10.8. The SMILES string of the molecule is ClCCOc1ccc(-c2ccc3cc(Br)ccc3n2)cc1.